The van der Waals surface area contributed by atoms with Crippen molar-refractivity contribution >= 4 is 16.8 Å². The molecule has 1 saturated heterocycles. The van der Waals surface area contributed by atoms with Gasteiger partial charge in [-0.1, -0.05) is 6.58 Å². The number of methoxy groups -OCH3 is 1. The molecule has 2 aromatic rings. The SMILES string of the molecule is C=C(C1CC1(F)F)N1CCN(C(=O)C2CCC(Cn3c(=O)[nH]c4ccc(OC)cc4c3=O)CC2)CC1. The van der Waals surface area contributed by atoms with Crippen LogP contribution in [0, 0.1) is 17.8 Å². The van der Waals surface area contributed by atoms with Crippen LogP contribution in [0.4, 0.5) is 8.78 Å². The lowest BCUT2D eigenvalue weighted by Crippen LogP contribution is -2.50. The molecule has 1 aliphatic heterocycles. The summed E-state index contributed by atoms with van der Waals surface area (Å²) in [6, 6.07) is 4.99. The molecule has 5 rings (SSSR count). The summed E-state index contributed by atoms with van der Waals surface area (Å²) in [5, 5.41) is 0.407. The van der Waals surface area contributed by atoms with E-state index in [9.17, 15) is 23.2 Å². The van der Waals surface area contributed by atoms with Crippen molar-refractivity contribution in [1.29, 1.82) is 0 Å². The summed E-state index contributed by atoms with van der Waals surface area (Å²) in [6.07, 6.45) is 2.80. The van der Waals surface area contributed by atoms with Crippen molar-refractivity contribution < 1.29 is 18.3 Å². The summed E-state index contributed by atoms with van der Waals surface area (Å²) in [5.74, 6) is -2.66. The number of benzene rings is 1. The van der Waals surface area contributed by atoms with Crippen LogP contribution in [0.15, 0.2) is 40.1 Å². The van der Waals surface area contributed by atoms with Gasteiger partial charge in [0.15, 0.2) is 0 Å². The molecule has 1 unspecified atom stereocenters. The van der Waals surface area contributed by atoms with Crippen LogP contribution in [-0.4, -0.2) is 64.5 Å². The second-order valence-corrected chi connectivity index (χ2v) is 10.3. The standard InChI is InChI=1S/C26H32F2N4O4/c1-16(21-14-26(21,27)28)30-9-11-31(12-10-30)23(33)18-5-3-17(4-6-18)15-32-24(34)20-13-19(36-2)7-8-22(20)29-25(32)35/h7-8,13,17-18,21H,1,3-6,9-12,14-15H2,2H3,(H,29,35). The van der Waals surface area contributed by atoms with Crippen molar-refractivity contribution in [3.8, 4) is 5.75 Å². The molecule has 1 N–H and O–H groups in total. The highest BCUT2D eigenvalue weighted by molar-refractivity contribution is 5.79. The number of rotatable bonds is 6. The van der Waals surface area contributed by atoms with E-state index in [4.69, 9.17) is 4.74 Å². The first-order valence-corrected chi connectivity index (χ1v) is 12.6. The highest BCUT2D eigenvalue weighted by Gasteiger charge is 2.59. The topological polar surface area (TPSA) is 87.6 Å². The van der Waals surface area contributed by atoms with Crippen molar-refractivity contribution in [1.82, 2.24) is 19.4 Å². The number of fused-ring (bicyclic) bond motifs is 1. The third-order valence-electron chi connectivity index (χ3n) is 8.05. The Labute approximate surface area is 207 Å². The molecule has 0 spiro atoms. The molecule has 0 bridgehead atoms. The largest absolute Gasteiger partial charge is 0.497 e. The Morgan fingerprint density at radius 1 is 1.11 bits per heavy atom. The summed E-state index contributed by atoms with van der Waals surface area (Å²) in [5.41, 5.74) is 0.199. The molecule has 10 heteroatoms. The number of hydrogen-bond acceptors (Lipinski definition) is 5. The van der Waals surface area contributed by atoms with Crippen molar-refractivity contribution in [2.24, 2.45) is 17.8 Å². The number of amides is 1. The zero-order chi connectivity index (χ0) is 25.6. The lowest BCUT2D eigenvalue weighted by molar-refractivity contribution is -0.138. The molecule has 1 aromatic heterocycles. The predicted octanol–water partition coefficient (Wildman–Crippen LogP) is 2.82. The number of nitrogens with zero attached hydrogens (tertiary/aromatic N) is 3. The van der Waals surface area contributed by atoms with Gasteiger partial charge in [0.05, 0.1) is 23.9 Å². The molecule has 0 radical (unpaired) electrons. The van der Waals surface area contributed by atoms with E-state index in [1.807, 2.05) is 9.80 Å². The fraction of sp³-hybridized carbons (Fsp3) is 0.577. The number of alkyl halides is 2. The Balaban J connectivity index is 1.15. The Hall–Kier alpha value is -3.17. The fourth-order valence-corrected chi connectivity index (χ4v) is 5.64. The van der Waals surface area contributed by atoms with Gasteiger partial charge in [-0.3, -0.25) is 14.2 Å². The molecule has 2 aliphatic carbocycles. The number of H-pyrrole nitrogens is 1. The van der Waals surface area contributed by atoms with Crippen LogP contribution in [-0.2, 0) is 11.3 Å². The maximum Gasteiger partial charge on any atom is 0.328 e. The quantitative estimate of drug-likeness (QED) is 0.657. The van der Waals surface area contributed by atoms with E-state index in [1.54, 1.807) is 18.2 Å². The number of piperazine rings is 1. The van der Waals surface area contributed by atoms with Gasteiger partial charge in [0, 0.05) is 50.8 Å². The molecule has 3 fully saturated rings. The zero-order valence-corrected chi connectivity index (χ0v) is 20.5. The molecule has 194 valence electrons. The molecule has 1 atom stereocenters. The van der Waals surface area contributed by atoms with Gasteiger partial charge in [-0.15, -0.1) is 0 Å². The third-order valence-corrected chi connectivity index (χ3v) is 8.05. The monoisotopic (exact) mass is 502 g/mol. The number of aromatic amines is 1. The third kappa shape index (κ3) is 4.65. The molecule has 2 saturated carbocycles. The molecule has 3 aliphatic rings. The lowest BCUT2D eigenvalue weighted by Gasteiger charge is -2.39. The average Bonchev–Trinajstić information content (AvgIpc) is 3.53. The van der Waals surface area contributed by atoms with Gasteiger partial charge < -0.3 is 19.5 Å². The summed E-state index contributed by atoms with van der Waals surface area (Å²) in [6.45, 7) is 6.27. The number of hydrogen-bond donors (Lipinski definition) is 1. The van der Waals surface area contributed by atoms with Gasteiger partial charge in [0.1, 0.15) is 5.75 Å². The van der Waals surface area contributed by atoms with E-state index in [1.165, 1.54) is 11.7 Å². The van der Waals surface area contributed by atoms with Gasteiger partial charge in [-0.05, 0) is 49.8 Å². The fourth-order valence-electron chi connectivity index (χ4n) is 5.64. The van der Waals surface area contributed by atoms with Gasteiger partial charge in [-0.25, -0.2) is 13.6 Å². The Morgan fingerprint density at radius 2 is 1.75 bits per heavy atom. The van der Waals surface area contributed by atoms with E-state index >= 15 is 0 Å². The van der Waals surface area contributed by atoms with Crippen LogP contribution in [0.3, 0.4) is 0 Å². The first-order valence-electron chi connectivity index (χ1n) is 12.6. The molecule has 1 amide bonds. The minimum Gasteiger partial charge on any atom is -0.497 e. The van der Waals surface area contributed by atoms with Crippen LogP contribution in [0.25, 0.3) is 10.9 Å². The summed E-state index contributed by atoms with van der Waals surface area (Å²) >= 11 is 0. The number of allylic oxidation sites excluding steroid dienone is 1. The van der Waals surface area contributed by atoms with E-state index in [0.717, 1.165) is 12.8 Å². The highest BCUT2D eigenvalue weighted by atomic mass is 19.3. The molecular formula is C26H32F2N4O4. The maximum atomic E-state index is 13.4. The molecule has 36 heavy (non-hydrogen) atoms. The number of nitrogens with one attached hydrogen (secondary N) is 1. The van der Waals surface area contributed by atoms with Crippen molar-refractivity contribution in [3.63, 3.8) is 0 Å². The second kappa shape index (κ2) is 9.37. The van der Waals surface area contributed by atoms with Crippen LogP contribution in [0.5, 0.6) is 5.75 Å². The first kappa shape index (κ1) is 24.5. The lowest BCUT2D eigenvalue weighted by atomic mass is 9.81. The van der Waals surface area contributed by atoms with Gasteiger partial charge in [-0.2, -0.15) is 0 Å². The normalized spacial score (nSPS) is 25.6. The van der Waals surface area contributed by atoms with Crippen LogP contribution in [0.1, 0.15) is 32.1 Å². The number of aromatic nitrogens is 2. The van der Waals surface area contributed by atoms with Crippen LogP contribution in [0.2, 0.25) is 0 Å². The van der Waals surface area contributed by atoms with Crippen LogP contribution < -0.4 is 16.0 Å². The van der Waals surface area contributed by atoms with E-state index in [0.29, 0.717) is 67.9 Å². The maximum absolute atomic E-state index is 13.4. The first-order chi connectivity index (χ1) is 17.2. The summed E-state index contributed by atoms with van der Waals surface area (Å²) in [7, 11) is 1.52. The molecule has 2 heterocycles. The number of halogens is 2. The highest BCUT2D eigenvalue weighted by Crippen LogP contribution is 2.53. The average molecular weight is 503 g/mol. The summed E-state index contributed by atoms with van der Waals surface area (Å²) in [4.78, 5) is 45.2. The Bertz CT molecular complexity index is 1290. The van der Waals surface area contributed by atoms with Gasteiger partial charge >= 0.3 is 5.69 Å². The Morgan fingerprint density at radius 3 is 2.36 bits per heavy atom. The molecule has 8 nitrogen and oxygen atoms in total. The van der Waals surface area contributed by atoms with Crippen molar-refractivity contribution in [3.05, 3.63) is 51.3 Å². The van der Waals surface area contributed by atoms with E-state index in [-0.39, 0.29) is 29.7 Å². The van der Waals surface area contributed by atoms with E-state index < -0.39 is 17.5 Å². The molecule has 1 aromatic carbocycles. The minimum absolute atomic E-state index is 0.0837. The van der Waals surface area contributed by atoms with E-state index in [2.05, 4.69) is 11.6 Å². The number of carbonyl (C=O) groups excluding carboxylic acids is 1. The van der Waals surface area contributed by atoms with Crippen LogP contribution >= 0.6 is 0 Å². The van der Waals surface area contributed by atoms with Crippen molar-refractivity contribution in [2.75, 3.05) is 33.3 Å². The van der Waals surface area contributed by atoms with Crippen molar-refractivity contribution in [2.45, 2.75) is 44.6 Å². The van der Waals surface area contributed by atoms with Gasteiger partial charge in [0.2, 0.25) is 5.91 Å². The predicted molar refractivity (Wildman–Crippen MR) is 131 cm³/mol. The smallest absolute Gasteiger partial charge is 0.328 e. The number of carbonyl (C=O) groups is 1. The second-order valence-electron chi connectivity index (χ2n) is 10.3. The number of ether oxygens (including phenoxy) is 1. The zero-order valence-electron chi connectivity index (χ0n) is 20.5. The minimum atomic E-state index is -2.63. The van der Waals surface area contributed by atoms with Gasteiger partial charge in [0.25, 0.3) is 11.5 Å². The molecular weight excluding hydrogens is 470 g/mol. The Kier molecular flexibility index (Phi) is 6.38. The summed E-state index contributed by atoms with van der Waals surface area (Å²) < 4.78 is 33.2.